The predicted octanol–water partition coefficient (Wildman–Crippen LogP) is 1.41. The van der Waals surface area contributed by atoms with Gasteiger partial charge in [-0.2, -0.15) is 4.31 Å². The number of sulfonamides is 1. The van der Waals surface area contributed by atoms with Crippen LogP contribution in [0.4, 0.5) is 0 Å². The Hall–Kier alpha value is -0.820. The van der Waals surface area contributed by atoms with E-state index in [1.54, 1.807) is 36.5 Å². The van der Waals surface area contributed by atoms with Gasteiger partial charge in [-0.3, -0.25) is 0 Å². The molecule has 1 aromatic carbocycles. The molecule has 114 valence electrons. The molecule has 1 aliphatic heterocycles. The number of hydrogen-bond acceptors (Lipinski definition) is 4. The maximum atomic E-state index is 12.6. The van der Waals surface area contributed by atoms with E-state index in [-0.39, 0.29) is 18.4 Å². The molecule has 1 atom stereocenters. The average molecular weight is 321 g/mol. The van der Waals surface area contributed by atoms with Crippen LogP contribution in [0.1, 0.15) is 12.5 Å². The van der Waals surface area contributed by atoms with Crippen molar-refractivity contribution < 1.29 is 13.2 Å². The zero-order valence-corrected chi connectivity index (χ0v) is 13.6. The summed E-state index contributed by atoms with van der Waals surface area (Å²) in [6.07, 6.45) is 0. The molecule has 0 spiro atoms. The molecule has 1 fully saturated rings. The van der Waals surface area contributed by atoms with Crippen LogP contribution in [-0.4, -0.2) is 45.5 Å². The van der Waals surface area contributed by atoms with Crippen LogP contribution in [0.25, 0.3) is 0 Å². The molecule has 0 aliphatic carbocycles. The first-order valence-corrected chi connectivity index (χ1v) is 7.77. The normalized spacial score (nSPS) is 20.2. The van der Waals surface area contributed by atoms with Gasteiger partial charge in [0.25, 0.3) is 0 Å². The number of ether oxygens (including phenoxy) is 1. The van der Waals surface area contributed by atoms with Crippen molar-refractivity contribution in [3.63, 3.8) is 0 Å². The van der Waals surface area contributed by atoms with E-state index in [1.165, 1.54) is 0 Å². The number of benzene rings is 1. The molecule has 0 aromatic heterocycles. The van der Waals surface area contributed by atoms with Crippen LogP contribution in [0.2, 0.25) is 0 Å². The van der Waals surface area contributed by atoms with Crippen molar-refractivity contribution in [2.24, 2.45) is 0 Å². The molecular weight excluding hydrogens is 300 g/mol. The fraction of sp³-hybridized carbons (Fsp3) is 0.538. The third kappa shape index (κ3) is 3.44. The van der Waals surface area contributed by atoms with Crippen molar-refractivity contribution in [2.75, 3.05) is 26.7 Å². The first kappa shape index (κ1) is 17.2. The summed E-state index contributed by atoms with van der Waals surface area (Å²) < 4.78 is 31.9. The van der Waals surface area contributed by atoms with Gasteiger partial charge in [-0.15, -0.1) is 12.4 Å². The van der Waals surface area contributed by atoms with Crippen LogP contribution >= 0.6 is 12.4 Å². The molecule has 7 heteroatoms. The molecule has 0 radical (unpaired) electrons. The third-order valence-corrected chi connectivity index (χ3v) is 5.36. The zero-order chi connectivity index (χ0) is 14.0. The van der Waals surface area contributed by atoms with Gasteiger partial charge in [0.1, 0.15) is 5.75 Å². The molecule has 0 amide bonds. The minimum atomic E-state index is -3.41. The monoisotopic (exact) mass is 320 g/mol. The van der Waals surface area contributed by atoms with Crippen molar-refractivity contribution in [1.29, 1.82) is 0 Å². The van der Waals surface area contributed by atoms with Crippen molar-refractivity contribution in [3.8, 4) is 5.75 Å². The standard InChI is InChI=1S/C13H20N2O3S.ClH/c1-10-8-12(18-3)4-5-13(10)19(16,17)15-7-6-14-11(2)9-15;/h4-5,8,11,14H,6-7,9H2,1-3H3;1H. The first-order valence-electron chi connectivity index (χ1n) is 6.33. The Bertz CT molecular complexity index is 563. The molecule has 1 N–H and O–H groups in total. The van der Waals surface area contributed by atoms with E-state index >= 15 is 0 Å². The van der Waals surface area contributed by atoms with Crippen molar-refractivity contribution in [2.45, 2.75) is 24.8 Å². The Labute approximate surface area is 126 Å². The lowest BCUT2D eigenvalue weighted by Crippen LogP contribution is -2.51. The van der Waals surface area contributed by atoms with Gasteiger partial charge < -0.3 is 10.1 Å². The molecule has 0 saturated carbocycles. The quantitative estimate of drug-likeness (QED) is 0.915. The van der Waals surface area contributed by atoms with E-state index in [0.29, 0.717) is 35.8 Å². The molecule has 1 saturated heterocycles. The second-order valence-corrected chi connectivity index (χ2v) is 6.76. The number of piperazine rings is 1. The molecule has 1 unspecified atom stereocenters. The van der Waals surface area contributed by atoms with E-state index in [0.717, 1.165) is 0 Å². The number of nitrogens with one attached hydrogen (secondary N) is 1. The number of nitrogens with zero attached hydrogens (tertiary/aromatic N) is 1. The van der Waals surface area contributed by atoms with Gasteiger partial charge in [0.15, 0.2) is 0 Å². The summed E-state index contributed by atoms with van der Waals surface area (Å²) in [4.78, 5) is 0.363. The minimum absolute atomic E-state index is 0. The molecule has 2 rings (SSSR count). The Morgan fingerprint density at radius 1 is 1.40 bits per heavy atom. The highest BCUT2D eigenvalue weighted by Gasteiger charge is 2.29. The summed E-state index contributed by atoms with van der Waals surface area (Å²) in [7, 11) is -1.84. The summed E-state index contributed by atoms with van der Waals surface area (Å²) >= 11 is 0. The first-order chi connectivity index (χ1) is 8.95. The van der Waals surface area contributed by atoms with Crippen LogP contribution in [0.3, 0.4) is 0 Å². The fourth-order valence-corrected chi connectivity index (χ4v) is 4.03. The van der Waals surface area contributed by atoms with Crippen LogP contribution in [0.5, 0.6) is 5.75 Å². The van der Waals surface area contributed by atoms with E-state index in [9.17, 15) is 8.42 Å². The zero-order valence-electron chi connectivity index (χ0n) is 11.9. The van der Waals surface area contributed by atoms with Gasteiger partial charge in [0.05, 0.1) is 12.0 Å². The minimum Gasteiger partial charge on any atom is -0.497 e. The largest absolute Gasteiger partial charge is 0.497 e. The second kappa shape index (κ2) is 6.76. The second-order valence-electron chi connectivity index (χ2n) is 4.85. The molecule has 0 bridgehead atoms. The number of methoxy groups -OCH3 is 1. The highest BCUT2D eigenvalue weighted by atomic mass is 35.5. The molecule has 1 aliphatic rings. The lowest BCUT2D eigenvalue weighted by molar-refractivity contribution is 0.310. The smallest absolute Gasteiger partial charge is 0.243 e. The Morgan fingerprint density at radius 2 is 2.10 bits per heavy atom. The maximum Gasteiger partial charge on any atom is 0.243 e. The van der Waals surface area contributed by atoms with Crippen molar-refractivity contribution in [1.82, 2.24) is 9.62 Å². The third-order valence-electron chi connectivity index (χ3n) is 3.33. The SMILES string of the molecule is COc1ccc(S(=O)(=O)N2CCNC(C)C2)c(C)c1.Cl. The number of hydrogen-bond donors (Lipinski definition) is 1. The molecule has 20 heavy (non-hydrogen) atoms. The van der Waals surface area contributed by atoms with Crippen LogP contribution < -0.4 is 10.1 Å². The summed E-state index contributed by atoms with van der Waals surface area (Å²) in [6.45, 7) is 5.49. The molecule has 1 aromatic rings. The maximum absolute atomic E-state index is 12.6. The summed E-state index contributed by atoms with van der Waals surface area (Å²) in [5, 5.41) is 3.24. The van der Waals surface area contributed by atoms with Crippen LogP contribution in [-0.2, 0) is 10.0 Å². The van der Waals surface area contributed by atoms with E-state index in [2.05, 4.69) is 5.32 Å². The van der Waals surface area contributed by atoms with Crippen molar-refractivity contribution >= 4 is 22.4 Å². The topological polar surface area (TPSA) is 58.6 Å². The lowest BCUT2D eigenvalue weighted by atomic mass is 10.2. The Kier molecular flexibility index (Phi) is 5.82. The fourth-order valence-electron chi connectivity index (χ4n) is 2.29. The van der Waals surface area contributed by atoms with Gasteiger partial charge in [-0.1, -0.05) is 0 Å². The van der Waals surface area contributed by atoms with Crippen molar-refractivity contribution in [3.05, 3.63) is 23.8 Å². The molecule has 5 nitrogen and oxygen atoms in total. The number of rotatable bonds is 3. The summed E-state index contributed by atoms with van der Waals surface area (Å²) in [6, 6.07) is 5.24. The molecule has 1 heterocycles. The molecular formula is C13H21ClN2O3S. The van der Waals surface area contributed by atoms with E-state index < -0.39 is 10.0 Å². The van der Waals surface area contributed by atoms with E-state index in [4.69, 9.17) is 4.74 Å². The highest BCUT2D eigenvalue weighted by Crippen LogP contribution is 2.24. The average Bonchev–Trinajstić information content (AvgIpc) is 2.38. The van der Waals surface area contributed by atoms with Crippen LogP contribution in [0.15, 0.2) is 23.1 Å². The van der Waals surface area contributed by atoms with Crippen LogP contribution in [0, 0.1) is 6.92 Å². The Morgan fingerprint density at radius 3 is 2.65 bits per heavy atom. The van der Waals surface area contributed by atoms with Gasteiger partial charge in [0, 0.05) is 25.7 Å². The predicted molar refractivity (Wildman–Crippen MR) is 81.2 cm³/mol. The number of halogens is 1. The Balaban J connectivity index is 0.00000200. The van der Waals surface area contributed by atoms with Gasteiger partial charge >= 0.3 is 0 Å². The summed E-state index contributed by atoms with van der Waals surface area (Å²) in [5.41, 5.74) is 0.713. The summed E-state index contributed by atoms with van der Waals surface area (Å²) in [5.74, 6) is 0.671. The van der Waals surface area contributed by atoms with Gasteiger partial charge in [-0.25, -0.2) is 8.42 Å². The highest BCUT2D eigenvalue weighted by molar-refractivity contribution is 7.89. The van der Waals surface area contributed by atoms with Gasteiger partial charge in [0.2, 0.25) is 10.0 Å². The van der Waals surface area contributed by atoms with Gasteiger partial charge in [-0.05, 0) is 37.6 Å². The van der Waals surface area contributed by atoms with E-state index in [1.807, 2.05) is 6.92 Å². The number of aryl methyl sites for hydroxylation is 1. The lowest BCUT2D eigenvalue weighted by Gasteiger charge is -2.31.